The predicted molar refractivity (Wildman–Crippen MR) is 71.4 cm³/mol. The van der Waals surface area contributed by atoms with Crippen LogP contribution in [0.15, 0.2) is 30.5 Å². The van der Waals surface area contributed by atoms with Gasteiger partial charge in [0.25, 0.3) is 0 Å². The van der Waals surface area contributed by atoms with E-state index in [0.717, 1.165) is 17.2 Å². The lowest BCUT2D eigenvalue weighted by Gasteiger charge is -2.23. The first kappa shape index (κ1) is 11.8. The van der Waals surface area contributed by atoms with E-state index in [0.29, 0.717) is 18.8 Å². The van der Waals surface area contributed by atoms with E-state index in [1.54, 1.807) is 18.3 Å². The van der Waals surface area contributed by atoms with Crippen LogP contribution in [0.4, 0.5) is 5.82 Å². The molecule has 1 atom stereocenters. The zero-order valence-corrected chi connectivity index (χ0v) is 10.3. The molecule has 1 unspecified atom stereocenters. The first-order valence-corrected chi connectivity index (χ1v) is 6.24. The predicted octanol–water partition coefficient (Wildman–Crippen LogP) is 1.99. The third-order valence-electron chi connectivity index (χ3n) is 3.54. The van der Waals surface area contributed by atoms with E-state index in [4.69, 9.17) is 0 Å². The molecule has 0 amide bonds. The molecule has 2 heterocycles. The molecule has 0 spiro atoms. The normalized spacial score (nSPS) is 18.9. The molecule has 2 aromatic rings. The first-order chi connectivity index (χ1) is 9.16. The minimum Gasteiger partial charge on any atom is -0.508 e. The van der Waals surface area contributed by atoms with Gasteiger partial charge in [-0.2, -0.15) is 0 Å². The van der Waals surface area contributed by atoms with Crippen molar-refractivity contribution in [3.8, 4) is 5.75 Å². The van der Waals surface area contributed by atoms with Crippen LogP contribution < -0.4 is 4.90 Å². The number of aliphatic carboxylic acids is 1. The van der Waals surface area contributed by atoms with Crippen LogP contribution in [0.25, 0.3) is 10.8 Å². The summed E-state index contributed by atoms with van der Waals surface area (Å²) in [6.07, 6.45) is 3.14. The molecule has 5 nitrogen and oxygen atoms in total. The van der Waals surface area contributed by atoms with Gasteiger partial charge in [-0.25, -0.2) is 9.78 Å². The van der Waals surface area contributed by atoms with Crippen LogP contribution in [-0.4, -0.2) is 33.8 Å². The Labute approximate surface area is 110 Å². The Morgan fingerprint density at radius 3 is 3.00 bits per heavy atom. The quantitative estimate of drug-likeness (QED) is 0.861. The summed E-state index contributed by atoms with van der Waals surface area (Å²) in [5, 5.41) is 20.6. The fraction of sp³-hybridized carbons (Fsp3) is 0.286. The molecule has 98 valence electrons. The minimum absolute atomic E-state index is 0.160. The van der Waals surface area contributed by atoms with Gasteiger partial charge in [0.05, 0.1) is 0 Å². The number of phenolic OH excluding ortho intramolecular Hbond substituents is 1. The summed E-state index contributed by atoms with van der Waals surface area (Å²) in [5.74, 6) is -0.0254. The Morgan fingerprint density at radius 1 is 1.37 bits per heavy atom. The van der Waals surface area contributed by atoms with Crippen LogP contribution in [0, 0.1) is 0 Å². The lowest BCUT2D eigenvalue weighted by atomic mass is 10.1. The monoisotopic (exact) mass is 258 g/mol. The fourth-order valence-corrected chi connectivity index (χ4v) is 2.65. The summed E-state index contributed by atoms with van der Waals surface area (Å²) in [6, 6.07) is 6.38. The third kappa shape index (κ3) is 1.97. The molecular weight excluding hydrogens is 244 g/mol. The Bertz CT molecular complexity index is 642. The molecule has 1 aliphatic heterocycles. The van der Waals surface area contributed by atoms with Crippen molar-refractivity contribution in [1.82, 2.24) is 4.98 Å². The van der Waals surface area contributed by atoms with Gasteiger partial charge in [-0.1, -0.05) is 6.07 Å². The van der Waals surface area contributed by atoms with Crippen molar-refractivity contribution in [2.45, 2.75) is 18.9 Å². The number of aromatic nitrogens is 1. The SMILES string of the molecule is O=C(O)C1CCCN1c1nccc2ccc(O)cc12. The van der Waals surface area contributed by atoms with Gasteiger partial charge in [-0.05, 0) is 36.4 Å². The maximum absolute atomic E-state index is 11.3. The second-order valence-corrected chi connectivity index (χ2v) is 4.73. The number of hydrogen-bond donors (Lipinski definition) is 2. The number of benzene rings is 1. The van der Waals surface area contributed by atoms with Crippen molar-refractivity contribution in [2.24, 2.45) is 0 Å². The van der Waals surface area contributed by atoms with Gasteiger partial charge in [0.15, 0.2) is 0 Å². The molecule has 0 bridgehead atoms. The lowest BCUT2D eigenvalue weighted by molar-refractivity contribution is -0.138. The number of anilines is 1. The van der Waals surface area contributed by atoms with E-state index in [2.05, 4.69) is 4.98 Å². The van der Waals surface area contributed by atoms with Gasteiger partial charge in [0.2, 0.25) is 0 Å². The molecule has 3 rings (SSSR count). The van der Waals surface area contributed by atoms with Crippen LogP contribution >= 0.6 is 0 Å². The largest absolute Gasteiger partial charge is 0.508 e. The molecule has 1 aromatic carbocycles. The lowest BCUT2D eigenvalue weighted by Crippen LogP contribution is -2.36. The molecule has 0 radical (unpaired) electrons. The zero-order valence-electron chi connectivity index (χ0n) is 10.3. The second kappa shape index (κ2) is 4.42. The summed E-state index contributed by atoms with van der Waals surface area (Å²) in [6.45, 7) is 0.679. The maximum atomic E-state index is 11.3. The van der Waals surface area contributed by atoms with Gasteiger partial charge in [0, 0.05) is 18.1 Å². The Balaban J connectivity index is 2.14. The molecule has 1 saturated heterocycles. The summed E-state index contributed by atoms with van der Waals surface area (Å²) in [7, 11) is 0. The highest BCUT2D eigenvalue weighted by Crippen LogP contribution is 2.32. The number of phenols is 1. The highest BCUT2D eigenvalue weighted by Gasteiger charge is 2.32. The molecule has 19 heavy (non-hydrogen) atoms. The number of pyridine rings is 1. The smallest absolute Gasteiger partial charge is 0.326 e. The Morgan fingerprint density at radius 2 is 2.21 bits per heavy atom. The number of carboxylic acid groups (broad SMARTS) is 1. The van der Waals surface area contributed by atoms with Crippen LogP contribution in [0.5, 0.6) is 5.75 Å². The third-order valence-corrected chi connectivity index (χ3v) is 3.54. The average Bonchev–Trinajstić information content (AvgIpc) is 2.87. The average molecular weight is 258 g/mol. The van der Waals surface area contributed by atoms with Crippen molar-refractivity contribution in [3.63, 3.8) is 0 Å². The molecule has 1 aromatic heterocycles. The molecule has 0 saturated carbocycles. The Hall–Kier alpha value is -2.30. The first-order valence-electron chi connectivity index (χ1n) is 6.24. The zero-order chi connectivity index (χ0) is 13.4. The number of hydrogen-bond acceptors (Lipinski definition) is 4. The fourth-order valence-electron chi connectivity index (χ4n) is 2.65. The molecular formula is C14H14N2O3. The summed E-state index contributed by atoms with van der Waals surface area (Å²) in [4.78, 5) is 17.4. The summed E-state index contributed by atoms with van der Waals surface area (Å²) < 4.78 is 0. The number of rotatable bonds is 2. The maximum Gasteiger partial charge on any atom is 0.326 e. The van der Waals surface area contributed by atoms with Crippen LogP contribution in [0.3, 0.4) is 0 Å². The number of carboxylic acids is 1. The van der Waals surface area contributed by atoms with Crippen LogP contribution in [0.2, 0.25) is 0 Å². The topological polar surface area (TPSA) is 73.7 Å². The van der Waals surface area contributed by atoms with Crippen molar-refractivity contribution < 1.29 is 15.0 Å². The van der Waals surface area contributed by atoms with Crippen molar-refractivity contribution in [3.05, 3.63) is 30.5 Å². The van der Waals surface area contributed by atoms with Crippen LogP contribution in [-0.2, 0) is 4.79 Å². The number of aromatic hydroxyl groups is 1. The summed E-state index contributed by atoms with van der Waals surface area (Å²) in [5.41, 5.74) is 0. The van der Waals surface area contributed by atoms with Crippen molar-refractivity contribution >= 4 is 22.6 Å². The second-order valence-electron chi connectivity index (χ2n) is 4.73. The highest BCUT2D eigenvalue weighted by molar-refractivity contribution is 5.94. The molecule has 0 aliphatic carbocycles. The minimum atomic E-state index is -0.823. The van der Waals surface area contributed by atoms with E-state index >= 15 is 0 Å². The van der Waals surface area contributed by atoms with E-state index in [1.165, 1.54) is 0 Å². The molecule has 5 heteroatoms. The van der Waals surface area contributed by atoms with Crippen molar-refractivity contribution in [2.75, 3.05) is 11.4 Å². The molecule has 1 aliphatic rings. The Kier molecular flexibility index (Phi) is 2.74. The number of nitrogens with zero attached hydrogens (tertiary/aromatic N) is 2. The molecule has 2 N–H and O–H groups in total. The van der Waals surface area contributed by atoms with Gasteiger partial charge in [-0.3, -0.25) is 0 Å². The summed E-state index contributed by atoms with van der Waals surface area (Å²) >= 11 is 0. The van der Waals surface area contributed by atoms with E-state index < -0.39 is 12.0 Å². The number of fused-ring (bicyclic) bond motifs is 1. The van der Waals surface area contributed by atoms with Gasteiger partial charge in [0.1, 0.15) is 17.6 Å². The highest BCUT2D eigenvalue weighted by atomic mass is 16.4. The van der Waals surface area contributed by atoms with E-state index in [1.807, 2.05) is 17.0 Å². The van der Waals surface area contributed by atoms with E-state index in [-0.39, 0.29) is 5.75 Å². The van der Waals surface area contributed by atoms with Gasteiger partial charge in [-0.15, -0.1) is 0 Å². The van der Waals surface area contributed by atoms with Crippen LogP contribution in [0.1, 0.15) is 12.8 Å². The number of carbonyl (C=O) groups is 1. The van der Waals surface area contributed by atoms with E-state index in [9.17, 15) is 15.0 Å². The van der Waals surface area contributed by atoms with Crippen molar-refractivity contribution in [1.29, 1.82) is 0 Å². The molecule has 1 fully saturated rings. The van der Waals surface area contributed by atoms with Gasteiger partial charge < -0.3 is 15.1 Å². The van der Waals surface area contributed by atoms with Gasteiger partial charge >= 0.3 is 5.97 Å². The standard InChI is InChI=1S/C14H14N2O3/c17-10-4-3-9-5-6-15-13(11(9)8-10)16-7-1-2-12(16)14(18)19/h3-6,8,12,17H,1-2,7H2,(H,18,19).